The molecule has 0 aliphatic rings. The van der Waals surface area contributed by atoms with Gasteiger partial charge in [-0.15, -0.1) is 0 Å². The Morgan fingerprint density at radius 3 is 3.00 bits per heavy atom. The zero-order valence-corrected chi connectivity index (χ0v) is 10.2. The first kappa shape index (κ1) is 11.9. The monoisotopic (exact) mass is 229 g/mol. The molecular formula is C11H16ClNS. The molecular weight excluding hydrogens is 214 g/mol. The summed E-state index contributed by atoms with van der Waals surface area (Å²) in [5, 5.41) is 0.643. The summed E-state index contributed by atoms with van der Waals surface area (Å²) >= 11 is 7.88. The van der Waals surface area contributed by atoms with Crippen LogP contribution in [-0.4, -0.2) is 10.7 Å². The highest BCUT2D eigenvalue weighted by atomic mass is 35.5. The second kappa shape index (κ2) is 6.31. The van der Waals surface area contributed by atoms with Gasteiger partial charge < -0.3 is 0 Å². The minimum absolute atomic E-state index is 0.643. The Labute approximate surface area is 95.3 Å². The van der Waals surface area contributed by atoms with Crippen molar-refractivity contribution in [1.29, 1.82) is 0 Å². The number of halogens is 1. The smallest absolute Gasteiger partial charge is 0.133 e. The normalized spacial score (nSPS) is 12.8. The Bertz CT molecular complexity index is 278. The SMILES string of the molecule is CCC(C)CSCc1cccnc1Cl. The second-order valence-corrected chi connectivity index (χ2v) is 4.87. The van der Waals surface area contributed by atoms with E-state index in [1.165, 1.54) is 12.2 Å². The predicted octanol–water partition coefficient (Wildman–Crippen LogP) is 4.01. The molecule has 0 N–H and O–H groups in total. The summed E-state index contributed by atoms with van der Waals surface area (Å²) in [6.45, 7) is 4.50. The molecule has 78 valence electrons. The number of aromatic nitrogens is 1. The lowest BCUT2D eigenvalue weighted by atomic mass is 10.2. The van der Waals surface area contributed by atoms with Crippen molar-refractivity contribution in [2.24, 2.45) is 5.92 Å². The Balaban J connectivity index is 2.35. The summed E-state index contributed by atoms with van der Waals surface area (Å²) < 4.78 is 0. The van der Waals surface area contributed by atoms with Gasteiger partial charge in [-0.25, -0.2) is 4.98 Å². The third kappa shape index (κ3) is 3.89. The van der Waals surface area contributed by atoms with Crippen molar-refractivity contribution in [3.63, 3.8) is 0 Å². The topological polar surface area (TPSA) is 12.9 Å². The fraction of sp³-hybridized carbons (Fsp3) is 0.545. The number of hydrogen-bond donors (Lipinski definition) is 0. The molecule has 0 fully saturated rings. The maximum Gasteiger partial charge on any atom is 0.133 e. The van der Waals surface area contributed by atoms with Crippen molar-refractivity contribution in [2.45, 2.75) is 26.0 Å². The summed E-state index contributed by atoms with van der Waals surface area (Å²) in [6.07, 6.45) is 2.97. The molecule has 1 unspecified atom stereocenters. The van der Waals surface area contributed by atoms with Crippen molar-refractivity contribution < 1.29 is 0 Å². The van der Waals surface area contributed by atoms with Crippen LogP contribution in [0.5, 0.6) is 0 Å². The molecule has 0 aliphatic heterocycles. The average molecular weight is 230 g/mol. The molecule has 0 aliphatic carbocycles. The lowest BCUT2D eigenvalue weighted by Gasteiger charge is -2.07. The molecule has 1 rings (SSSR count). The van der Waals surface area contributed by atoms with E-state index in [9.17, 15) is 0 Å². The molecule has 0 amide bonds. The van der Waals surface area contributed by atoms with Crippen LogP contribution in [0.3, 0.4) is 0 Å². The predicted molar refractivity (Wildman–Crippen MR) is 64.9 cm³/mol. The Morgan fingerprint density at radius 2 is 2.36 bits per heavy atom. The van der Waals surface area contributed by atoms with E-state index in [1.807, 2.05) is 23.9 Å². The van der Waals surface area contributed by atoms with Crippen LogP contribution in [-0.2, 0) is 5.75 Å². The van der Waals surface area contributed by atoms with Gasteiger partial charge in [0.1, 0.15) is 5.15 Å². The van der Waals surface area contributed by atoms with Gasteiger partial charge in [-0.1, -0.05) is 37.9 Å². The van der Waals surface area contributed by atoms with Crippen molar-refractivity contribution in [1.82, 2.24) is 4.98 Å². The number of nitrogens with zero attached hydrogens (tertiary/aromatic N) is 1. The van der Waals surface area contributed by atoms with E-state index in [0.717, 1.165) is 17.2 Å². The highest BCUT2D eigenvalue weighted by molar-refractivity contribution is 7.98. The molecule has 1 heterocycles. The molecule has 1 aromatic heterocycles. The Hall–Kier alpha value is -0.210. The first-order chi connectivity index (χ1) is 6.74. The van der Waals surface area contributed by atoms with Crippen molar-refractivity contribution in [3.05, 3.63) is 29.0 Å². The molecule has 0 bridgehead atoms. The largest absolute Gasteiger partial charge is 0.244 e. The number of rotatable bonds is 5. The Morgan fingerprint density at radius 1 is 1.57 bits per heavy atom. The van der Waals surface area contributed by atoms with Crippen LogP contribution in [0.25, 0.3) is 0 Å². The van der Waals surface area contributed by atoms with Crippen molar-refractivity contribution in [3.8, 4) is 0 Å². The molecule has 0 saturated heterocycles. The van der Waals surface area contributed by atoms with Crippen molar-refractivity contribution in [2.75, 3.05) is 5.75 Å². The summed E-state index contributed by atoms with van der Waals surface area (Å²) in [5.41, 5.74) is 1.14. The van der Waals surface area contributed by atoms with Gasteiger partial charge in [0.15, 0.2) is 0 Å². The summed E-state index contributed by atoms with van der Waals surface area (Å²) in [4.78, 5) is 4.05. The van der Waals surface area contributed by atoms with Crippen LogP contribution in [0.2, 0.25) is 5.15 Å². The van der Waals surface area contributed by atoms with Gasteiger partial charge >= 0.3 is 0 Å². The minimum atomic E-state index is 0.643. The third-order valence-electron chi connectivity index (χ3n) is 2.19. The molecule has 14 heavy (non-hydrogen) atoms. The summed E-state index contributed by atoms with van der Waals surface area (Å²) in [7, 11) is 0. The van der Waals surface area contributed by atoms with E-state index in [-0.39, 0.29) is 0 Å². The molecule has 1 aromatic rings. The Kier molecular flexibility index (Phi) is 5.34. The lowest BCUT2D eigenvalue weighted by Crippen LogP contribution is -1.96. The van der Waals surface area contributed by atoms with Crippen LogP contribution < -0.4 is 0 Å². The van der Waals surface area contributed by atoms with Gasteiger partial charge in [0.2, 0.25) is 0 Å². The standard InChI is InChI=1S/C11H16ClNS/c1-3-9(2)7-14-8-10-5-4-6-13-11(10)12/h4-6,9H,3,7-8H2,1-2H3. The fourth-order valence-corrected chi connectivity index (χ4v) is 2.49. The fourth-order valence-electron chi connectivity index (χ4n) is 1.01. The average Bonchev–Trinajstić information content (AvgIpc) is 2.20. The molecule has 3 heteroatoms. The van der Waals surface area contributed by atoms with E-state index < -0.39 is 0 Å². The summed E-state index contributed by atoms with van der Waals surface area (Å²) in [6, 6.07) is 3.98. The second-order valence-electron chi connectivity index (χ2n) is 3.48. The lowest BCUT2D eigenvalue weighted by molar-refractivity contribution is 0.637. The molecule has 1 nitrogen and oxygen atoms in total. The van der Waals surface area contributed by atoms with Gasteiger partial charge in [0.05, 0.1) is 0 Å². The van der Waals surface area contributed by atoms with Gasteiger partial charge in [-0.05, 0) is 23.3 Å². The van der Waals surface area contributed by atoms with Crippen LogP contribution in [0, 0.1) is 5.92 Å². The van der Waals surface area contributed by atoms with Gasteiger partial charge in [0, 0.05) is 11.9 Å². The first-order valence-corrected chi connectivity index (χ1v) is 6.44. The summed E-state index contributed by atoms with van der Waals surface area (Å²) in [5.74, 6) is 2.95. The van der Waals surface area contributed by atoms with Gasteiger partial charge in [-0.2, -0.15) is 11.8 Å². The van der Waals surface area contributed by atoms with Gasteiger partial charge in [-0.3, -0.25) is 0 Å². The van der Waals surface area contributed by atoms with Crippen LogP contribution in [0.1, 0.15) is 25.8 Å². The van der Waals surface area contributed by atoms with Crippen LogP contribution >= 0.6 is 23.4 Å². The number of pyridine rings is 1. The highest BCUT2D eigenvalue weighted by Gasteiger charge is 2.02. The van der Waals surface area contributed by atoms with E-state index in [0.29, 0.717) is 5.15 Å². The number of hydrogen-bond acceptors (Lipinski definition) is 2. The molecule has 0 spiro atoms. The molecule has 0 radical (unpaired) electrons. The van der Waals surface area contributed by atoms with Crippen LogP contribution in [0.15, 0.2) is 18.3 Å². The first-order valence-electron chi connectivity index (χ1n) is 4.91. The molecule has 0 saturated carbocycles. The van der Waals surface area contributed by atoms with Crippen LogP contribution in [0.4, 0.5) is 0 Å². The molecule has 1 atom stereocenters. The van der Waals surface area contributed by atoms with Crippen molar-refractivity contribution >= 4 is 23.4 Å². The van der Waals surface area contributed by atoms with E-state index >= 15 is 0 Å². The number of thioether (sulfide) groups is 1. The van der Waals surface area contributed by atoms with E-state index in [1.54, 1.807) is 6.20 Å². The third-order valence-corrected chi connectivity index (χ3v) is 3.85. The van der Waals surface area contributed by atoms with E-state index in [4.69, 9.17) is 11.6 Å². The highest BCUT2D eigenvalue weighted by Crippen LogP contribution is 2.20. The van der Waals surface area contributed by atoms with E-state index in [2.05, 4.69) is 18.8 Å². The maximum absolute atomic E-state index is 5.95. The quantitative estimate of drug-likeness (QED) is 0.708. The minimum Gasteiger partial charge on any atom is -0.244 e. The zero-order valence-electron chi connectivity index (χ0n) is 8.66. The zero-order chi connectivity index (χ0) is 10.4. The maximum atomic E-state index is 5.95. The van der Waals surface area contributed by atoms with Gasteiger partial charge in [0.25, 0.3) is 0 Å². The molecule has 0 aromatic carbocycles.